The molecule has 1 aromatic heterocycles. The Morgan fingerprint density at radius 3 is 2.57 bits per heavy atom. The summed E-state index contributed by atoms with van der Waals surface area (Å²) in [5.74, 6) is -0.453. The highest BCUT2D eigenvalue weighted by atomic mass is 35.5. The van der Waals surface area contributed by atoms with Crippen LogP contribution in [-0.2, 0) is 0 Å². The standard InChI is InChI=1S/C8H3Cl2FN2S/c9-5-3-4(1-2-6(5)11)7-12-13-8(10)14-7/h1-3H. The van der Waals surface area contributed by atoms with Crippen molar-refractivity contribution in [2.24, 2.45) is 0 Å². The van der Waals surface area contributed by atoms with Crippen LogP contribution in [0.5, 0.6) is 0 Å². The molecule has 1 heterocycles. The predicted octanol–water partition coefficient (Wildman–Crippen LogP) is 3.65. The van der Waals surface area contributed by atoms with Crippen molar-refractivity contribution in [1.82, 2.24) is 10.2 Å². The first kappa shape index (κ1) is 9.83. The van der Waals surface area contributed by atoms with Crippen LogP contribution in [-0.4, -0.2) is 10.2 Å². The maximum absolute atomic E-state index is 12.8. The molecule has 2 rings (SSSR count). The predicted molar refractivity (Wildman–Crippen MR) is 55.3 cm³/mol. The molecule has 0 aliphatic rings. The minimum Gasteiger partial charge on any atom is -0.205 e. The third-order valence-electron chi connectivity index (χ3n) is 1.57. The van der Waals surface area contributed by atoms with E-state index in [0.717, 1.165) is 0 Å². The zero-order valence-corrected chi connectivity index (χ0v) is 9.00. The second-order valence-corrected chi connectivity index (χ2v) is 4.46. The highest BCUT2D eigenvalue weighted by molar-refractivity contribution is 7.18. The van der Waals surface area contributed by atoms with Gasteiger partial charge in [-0.05, 0) is 29.8 Å². The van der Waals surface area contributed by atoms with Crippen LogP contribution in [0.25, 0.3) is 10.6 Å². The van der Waals surface area contributed by atoms with Crippen LogP contribution in [0.4, 0.5) is 4.39 Å². The van der Waals surface area contributed by atoms with Gasteiger partial charge in [-0.25, -0.2) is 4.39 Å². The van der Waals surface area contributed by atoms with Gasteiger partial charge in [0.15, 0.2) is 0 Å². The molecule has 0 aliphatic carbocycles. The fourth-order valence-electron chi connectivity index (χ4n) is 0.951. The normalized spacial score (nSPS) is 10.5. The van der Waals surface area contributed by atoms with Gasteiger partial charge in [-0.15, -0.1) is 10.2 Å². The quantitative estimate of drug-likeness (QED) is 0.770. The third kappa shape index (κ3) is 1.87. The van der Waals surface area contributed by atoms with Crippen LogP contribution < -0.4 is 0 Å². The minimum atomic E-state index is -0.453. The molecule has 6 heteroatoms. The maximum Gasteiger partial charge on any atom is 0.207 e. The molecule has 14 heavy (non-hydrogen) atoms. The number of hydrogen-bond acceptors (Lipinski definition) is 3. The second kappa shape index (κ2) is 3.81. The van der Waals surface area contributed by atoms with E-state index in [4.69, 9.17) is 23.2 Å². The van der Waals surface area contributed by atoms with Crippen molar-refractivity contribution in [3.05, 3.63) is 33.5 Å². The summed E-state index contributed by atoms with van der Waals surface area (Å²) < 4.78 is 13.2. The Balaban J connectivity index is 2.47. The summed E-state index contributed by atoms with van der Waals surface area (Å²) in [6.45, 7) is 0. The minimum absolute atomic E-state index is 0.0637. The first-order chi connectivity index (χ1) is 6.66. The molecule has 2 nitrogen and oxygen atoms in total. The van der Waals surface area contributed by atoms with Gasteiger partial charge in [-0.2, -0.15) is 0 Å². The first-order valence-corrected chi connectivity index (χ1v) is 5.18. The van der Waals surface area contributed by atoms with E-state index in [1.807, 2.05) is 0 Å². The average molecular weight is 249 g/mol. The average Bonchev–Trinajstić information content (AvgIpc) is 2.57. The number of nitrogens with zero attached hydrogens (tertiary/aromatic N) is 2. The molecule has 2 aromatic rings. The number of aromatic nitrogens is 2. The topological polar surface area (TPSA) is 25.8 Å². The van der Waals surface area contributed by atoms with Gasteiger partial charge in [-0.1, -0.05) is 22.9 Å². The lowest BCUT2D eigenvalue weighted by molar-refractivity contribution is 0.628. The lowest BCUT2D eigenvalue weighted by Crippen LogP contribution is -1.80. The fourth-order valence-corrected chi connectivity index (χ4v) is 1.96. The highest BCUT2D eigenvalue weighted by Crippen LogP contribution is 2.28. The zero-order chi connectivity index (χ0) is 10.1. The summed E-state index contributed by atoms with van der Waals surface area (Å²) in [5.41, 5.74) is 0.709. The maximum atomic E-state index is 12.8. The molecule has 0 atom stereocenters. The summed E-state index contributed by atoms with van der Waals surface area (Å²) in [5, 5.41) is 8.14. The molecular weight excluding hydrogens is 246 g/mol. The van der Waals surface area contributed by atoms with Crippen LogP contribution in [0.1, 0.15) is 0 Å². The Labute approximate surface area is 93.3 Å². The second-order valence-electron chi connectivity index (χ2n) is 2.49. The van der Waals surface area contributed by atoms with Gasteiger partial charge >= 0.3 is 0 Å². The fraction of sp³-hybridized carbons (Fsp3) is 0. The molecule has 0 saturated carbocycles. The van der Waals surface area contributed by atoms with Gasteiger partial charge in [0.25, 0.3) is 0 Å². The van der Waals surface area contributed by atoms with Crippen LogP contribution in [0, 0.1) is 5.82 Å². The van der Waals surface area contributed by atoms with Gasteiger partial charge in [0.1, 0.15) is 10.8 Å². The van der Waals surface area contributed by atoms with Gasteiger partial charge in [0, 0.05) is 5.56 Å². The van der Waals surface area contributed by atoms with Gasteiger partial charge in [0.2, 0.25) is 4.47 Å². The monoisotopic (exact) mass is 248 g/mol. The van der Waals surface area contributed by atoms with E-state index in [1.165, 1.54) is 23.5 Å². The third-order valence-corrected chi connectivity index (χ3v) is 2.92. The van der Waals surface area contributed by atoms with E-state index < -0.39 is 5.82 Å². The summed E-state index contributed by atoms with van der Waals surface area (Å²) in [6, 6.07) is 4.36. The smallest absolute Gasteiger partial charge is 0.205 e. The molecular formula is C8H3Cl2FN2S. The van der Waals surface area contributed by atoms with Crippen LogP contribution in [0.15, 0.2) is 18.2 Å². The van der Waals surface area contributed by atoms with E-state index in [9.17, 15) is 4.39 Å². The number of rotatable bonds is 1. The van der Waals surface area contributed by atoms with Crippen molar-refractivity contribution in [3.63, 3.8) is 0 Å². The van der Waals surface area contributed by atoms with E-state index in [-0.39, 0.29) is 5.02 Å². The van der Waals surface area contributed by atoms with Crippen LogP contribution in [0.3, 0.4) is 0 Å². The van der Waals surface area contributed by atoms with Crippen molar-refractivity contribution >= 4 is 34.5 Å². The molecule has 0 N–H and O–H groups in total. The van der Waals surface area contributed by atoms with Crippen LogP contribution >= 0.6 is 34.5 Å². The van der Waals surface area contributed by atoms with Gasteiger partial charge in [-0.3, -0.25) is 0 Å². The Morgan fingerprint density at radius 2 is 2.00 bits per heavy atom. The zero-order valence-electron chi connectivity index (χ0n) is 6.67. The van der Waals surface area contributed by atoms with Crippen molar-refractivity contribution in [1.29, 1.82) is 0 Å². The van der Waals surface area contributed by atoms with Crippen molar-refractivity contribution in [2.45, 2.75) is 0 Å². The largest absolute Gasteiger partial charge is 0.207 e. The molecule has 0 unspecified atom stereocenters. The van der Waals surface area contributed by atoms with E-state index in [1.54, 1.807) is 6.07 Å². The first-order valence-electron chi connectivity index (χ1n) is 3.61. The summed E-state index contributed by atoms with van der Waals surface area (Å²) in [7, 11) is 0. The molecule has 0 radical (unpaired) electrons. The van der Waals surface area contributed by atoms with E-state index in [0.29, 0.717) is 15.0 Å². The molecule has 0 amide bonds. The summed E-state index contributed by atoms with van der Waals surface area (Å²) >= 11 is 12.5. The molecule has 0 saturated heterocycles. The lowest BCUT2D eigenvalue weighted by atomic mass is 10.2. The summed E-state index contributed by atoms with van der Waals surface area (Å²) in [6.07, 6.45) is 0. The molecule has 0 aliphatic heterocycles. The van der Waals surface area contributed by atoms with Crippen molar-refractivity contribution < 1.29 is 4.39 Å². The summed E-state index contributed by atoms with van der Waals surface area (Å²) in [4.78, 5) is 0. The number of hydrogen-bond donors (Lipinski definition) is 0. The van der Waals surface area contributed by atoms with Gasteiger partial charge < -0.3 is 0 Å². The molecule has 0 spiro atoms. The molecule has 1 aromatic carbocycles. The lowest BCUT2D eigenvalue weighted by Gasteiger charge is -1.96. The Morgan fingerprint density at radius 1 is 1.21 bits per heavy atom. The van der Waals surface area contributed by atoms with E-state index >= 15 is 0 Å². The van der Waals surface area contributed by atoms with Crippen molar-refractivity contribution in [2.75, 3.05) is 0 Å². The SMILES string of the molecule is Fc1ccc(-c2nnc(Cl)s2)cc1Cl. The molecule has 0 fully saturated rings. The van der Waals surface area contributed by atoms with Crippen molar-refractivity contribution in [3.8, 4) is 10.6 Å². The highest BCUT2D eigenvalue weighted by Gasteiger charge is 2.07. The Kier molecular flexibility index (Phi) is 2.67. The van der Waals surface area contributed by atoms with Gasteiger partial charge in [0.05, 0.1) is 5.02 Å². The Bertz CT molecular complexity index is 472. The molecule has 0 bridgehead atoms. The van der Waals surface area contributed by atoms with Crippen LogP contribution in [0.2, 0.25) is 9.49 Å². The van der Waals surface area contributed by atoms with E-state index in [2.05, 4.69) is 10.2 Å². The molecule has 72 valence electrons. The number of benzene rings is 1. The Hall–Kier alpha value is -0.710. The number of halogens is 3.